The van der Waals surface area contributed by atoms with E-state index < -0.39 is 20.9 Å². The monoisotopic (exact) mass is 466 g/mol. The smallest absolute Gasteiger partial charge is 0.245 e. The third-order valence-corrected chi connectivity index (χ3v) is 7.28. The van der Waals surface area contributed by atoms with Crippen molar-refractivity contribution in [2.45, 2.75) is 31.3 Å². The highest BCUT2D eigenvalue weighted by molar-refractivity contribution is 7.90. The zero-order chi connectivity index (χ0) is 22.2. The van der Waals surface area contributed by atoms with Crippen molar-refractivity contribution in [2.24, 2.45) is 0 Å². The number of rotatable bonds is 5. The Morgan fingerprint density at radius 3 is 2.74 bits per heavy atom. The van der Waals surface area contributed by atoms with E-state index in [-0.39, 0.29) is 17.5 Å². The average Bonchev–Trinajstić information content (AvgIpc) is 3.08. The molecule has 0 saturated heterocycles. The first kappa shape index (κ1) is 21.6. The number of hydrogen-bond acceptors (Lipinski definition) is 7. The fraction of sp³-hybridized carbons (Fsp3) is 0.333. The molecular weight excluding hydrogens is 447 g/mol. The zero-order valence-corrected chi connectivity index (χ0v) is 18.5. The molecule has 0 N–H and O–H groups in total. The molecule has 10 heteroatoms. The molecule has 2 aromatic carbocycles. The predicted molar refractivity (Wildman–Crippen MR) is 113 cm³/mol. The Morgan fingerprint density at radius 1 is 1.19 bits per heavy atom. The summed E-state index contributed by atoms with van der Waals surface area (Å²) < 4.78 is 56.2. The van der Waals surface area contributed by atoms with Crippen molar-refractivity contribution >= 4 is 21.4 Å². The maximum Gasteiger partial charge on any atom is 0.245 e. The van der Waals surface area contributed by atoms with Crippen LogP contribution < -0.4 is 9.47 Å². The second-order valence-electron chi connectivity index (χ2n) is 7.32. The van der Waals surface area contributed by atoms with Crippen molar-refractivity contribution in [1.82, 2.24) is 10.1 Å². The third-order valence-electron chi connectivity index (χ3n) is 4.99. The Balaban J connectivity index is 1.57. The van der Waals surface area contributed by atoms with Gasteiger partial charge in [-0.15, -0.1) is 0 Å². The first-order chi connectivity index (χ1) is 14.7. The molecule has 1 atom stereocenters. The van der Waals surface area contributed by atoms with Gasteiger partial charge in [-0.1, -0.05) is 28.9 Å². The van der Waals surface area contributed by atoms with Gasteiger partial charge in [0.05, 0.1) is 24.0 Å². The van der Waals surface area contributed by atoms with Crippen LogP contribution in [0.4, 0.5) is 4.39 Å². The van der Waals surface area contributed by atoms with Crippen molar-refractivity contribution in [3.05, 3.63) is 58.2 Å². The molecule has 0 aliphatic carbocycles. The summed E-state index contributed by atoms with van der Waals surface area (Å²) >= 11 is 6.27. The lowest BCUT2D eigenvalue weighted by Crippen LogP contribution is -2.13. The summed E-state index contributed by atoms with van der Waals surface area (Å²) in [5, 5.41) is 3.03. The first-order valence-electron chi connectivity index (χ1n) is 9.64. The van der Waals surface area contributed by atoms with E-state index in [2.05, 4.69) is 10.1 Å². The van der Waals surface area contributed by atoms with Gasteiger partial charge < -0.3 is 14.0 Å². The summed E-state index contributed by atoms with van der Waals surface area (Å²) in [4.78, 5) is 4.16. The maximum atomic E-state index is 13.8. The van der Waals surface area contributed by atoms with Crippen LogP contribution in [0.5, 0.6) is 11.5 Å². The van der Waals surface area contributed by atoms with Gasteiger partial charge in [-0.2, -0.15) is 4.98 Å². The fourth-order valence-corrected chi connectivity index (χ4v) is 4.70. The molecular formula is C21H20ClFN2O5S. The van der Waals surface area contributed by atoms with Crippen LogP contribution in [0.15, 0.2) is 34.9 Å². The number of fused-ring (bicyclic) bond motifs is 1. The van der Waals surface area contributed by atoms with Gasteiger partial charge in [0.25, 0.3) is 0 Å². The van der Waals surface area contributed by atoms with Gasteiger partial charge in [0.15, 0.2) is 21.3 Å². The van der Waals surface area contributed by atoms with Gasteiger partial charge in [0.2, 0.25) is 11.7 Å². The van der Waals surface area contributed by atoms with E-state index in [1.165, 1.54) is 13.0 Å². The SMILES string of the molecule is Cc1ccc(-c2noc(C(C)S(=O)(=O)Cc3cc(Cl)c4c(c3)OCCCO4)n2)cc1F. The molecule has 0 fully saturated rings. The van der Waals surface area contributed by atoms with E-state index in [9.17, 15) is 12.8 Å². The van der Waals surface area contributed by atoms with Crippen molar-refractivity contribution in [3.63, 3.8) is 0 Å². The highest BCUT2D eigenvalue weighted by Gasteiger charge is 2.29. The number of halogens is 2. The summed E-state index contributed by atoms with van der Waals surface area (Å²) in [5.74, 6) is 0.174. The molecule has 0 saturated carbocycles. The zero-order valence-electron chi connectivity index (χ0n) is 16.9. The van der Waals surface area contributed by atoms with Gasteiger partial charge in [-0.05, 0) is 43.2 Å². The van der Waals surface area contributed by atoms with Crippen LogP contribution >= 0.6 is 11.6 Å². The summed E-state index contributed by atoms with van der Waals surface area (Å²) in [5.41, 5.74) is 1.34. The Morgan fingerprint density at radius 2 is 1.97 bits per heavy atom. The van der Waals surface area contributed by atoms with Crippen LogP contribution in [0.1, 0.15) is 35.6 Å². The number of ether oxygens (including phenoxy) is 2. The summed E-state index contributed by atoms with van der Waals surface area (Å²) in [7, 11) is -3.73. The van der Waals surface area contributed by atoms with Gasteiger partial charge in [0, 0.05) is 12.0 Å². The Labute approximate surface area is 184 Å². The molecule has 1 unspecified atom stereocenters. The molecule has 4 rings (SSSR count). The van der Waals surface area contributed by atoms with Gasteiger partial charge >= 0.3 is 0 Å². The van der Waals surface area contributed by atoms with Gasteiger partial charge in [-0.25, -0.2) is 12.8 Å². The minimum Gasteiger partial charge on any atom is -0.489 e. The van der Waals surface area contributed by atoms with Crippen molar-refractivity contribution in [1.29, 1.82) is 0 Å². The van der Waals surface area contributed by atoms with Crippen LogP contribution in [-0.4, -0.2) is 31.8 Å². The molecule has 1 aliphatic heterocycles. The Kier molecular flexibility index (Phi) is 5.90. The Hall–Kier alpha value is -2.65. The van der Waals surface area contributed by atoms with Crippen molar-refractivity contribution in [3.8, 4) is 22.9 Å². The lowest BCUT2D eigenvalue weighted by Gasteiger charge is -2.13. The average molecular weight is 467 g/mol. The second kappa shape index (κ2) is 8.47. The minimum absolute atomic E-state index is 0.0728. The highest BCUT2D eigenvalue weighted by Crippen LogP contribution is 2.39. The van der Waals surface area contributed by atoms with E-state index in [1.54, 1.807) is 31.2 Å². The van der Waals surface area contributed by atoms with Crippen LogP contribution in [0, 0.1) is 12.7 Å². The lowest BCUT2D eigenvalue weighted by molar-refractivity contribution is 0.297. The number of aromatic nitrogens is 2. The largest absolute Gasteiger partial charge is 0.489 e. The third kappa shape index (κ3) is 4.52. The van der Waals surface area contributed by atoms with E-state index in [4.69, 9.17) is 25.6 Å². The number of aryl methyl sites for hydroxylation is 1. The summed E-state index contributed by atoms with van der Waals surface area (Å²) in [6.45, 7) is 4.04. The number of hydrogen-bond donors (Lipinski definition) is 0. The molecule has 1 aliphatic rings. The topological polar surface area (TPSA) is 91.5 Å². The first-order valence-corrected chi connectivity index (χ1v) is 11.7. The maximum absolute atomic E-state index is 13.8. The van der Waals surface area contributed by atoms with E-state index in [0.29, 0.717) is 52.8 Å². The van der Waals surface area contributed by atoms with Crippen LogP contribution in [0.3, 0.4) is 0 Å². The molecule has 164 valence electrons. The van der Waals surface area contributed by atoms with Crippen LogP contribution in [0.25, 0.3) is 11.4 Å². The van der Waals surface area contributed by atoms with Crippen LogP contribution in [0.2, 0.25) is 5.02 Å². The summed E-state index contributed by atoms with van der Waals surface area (Å²) in [6.07, 6.45) is 0.708. The minimum atomic E-state index is -3.73. The molecule has 0 bridgehead atoms. The molecule has 3 aromatic rings. The van der Waals surface area contributed by atoms with E-state index in [1.807, 2.05) is 0 Å². The number of benzene rings is 2. The number of sulfone groups is 1. The van der Waals surface area contributed by atoms with Gasteiger partial charge in [0.1, 0.15) is 11.1 Å². The van der Waals surface area contributed by atoms with Crippen molar-refractivity contribution in [2.75, 3.05) is 13.2 Å². The molecule has 1 aromatic heterocycles. The fourth-order valence-electron chi connectivity index (χ4n) is 3.13. The Bertz CT molecular complexity index is 1230. The van der Waals surface area contributed by atoms with Gasteiger partial charge in [-0.3, -0.25) is 0 Å². The standard InChI is InChI=1S/C21H20ClFN2O5S/c1-12-4-5-15(10-17(12)23)20-24-21(30-25-20)13(2)31(26,27)11-14-8-16(22)19-18(9-14)28-6-3-7-29-19/h4-5,8-10,13H,3,6-7,11H2,1-2H3. The van der Waals surface area contributed by atoms with Crippen LogP contribution in [-0.2, 0) is 15.6 Å². The number of nitrogens with zero attached hydrogens (tertiary/aromatic N) is 2. The molecule has 0 spiro atoms. The van der Waals surface area contributed by atoms with E-state index >= 15 is 0 Å². The molecule has 0 amide bonds. The molecule has 0 radical (unpaired) electrons. The summed E-state index contributed by atoms with van der Waals surface area (Å²) in [6, 6.07) is 7.68. The molecule has 2 heterocycles. The predicted octanol–water partition coefficient (Wildman–Crippen LogP) is 4.67. The normalized spacial score (nSPS) is 14.8. The molecule has 31 heavy (non-hydrogen) atoms. The van der Waals surface area contributed by atoms with Crippen molar-refractivity contribution < 1.29 is 26.8 Å². The lowest BCUT2D eigenvalue weighted by atomic mass is 10.1. The van der Waals surface area contributed by atoms with E-state index in [0.717, 1.165) is 0 Å². The second-order valence-corrected chi connectivity index (χ2v) is 10.1. The molecule has 7 nitrogen and oxygen atoms in total. The quantitative estimate of drug-likeness (QED) is 0.539. The highest BCUT2D eigenvalue weighted by atomic mass is 35.5.